The number of nitrogens with zero attached hydrogens (tertiary/aromatic N) is 1. The van der Waals surface area contributed by atoms with Crippen molar-refractivity contribution in [3.63, 3.8) is 0 Å². The Morgan fingerprint density at radius 2 is 1.54 bits per heavy atom. The van der Waals surface area contributed by atoms with Crippen molar-refractivity contribution in [1.29, 1.82) is 0 Å². The van der Waals surface area contributed by atoms with Gasteiger partial charge in [0, 0.05) is 14.1 Å². The molecule has 2 aromatic rings. The predicted molar refractivity (Wildman–Crippen MR) is 105 cm³/mol. The van der Waals surface area contributed by atoms with E-state index in [-0.39, 0.29) is 16.2 Å². The lowest BCUT2D eigenvalue weighted by Gasteiger charge is -2.21. The molecule has 0 fully saturated rings. The average Bonchev–Trinajstić information content (AvgIpc) is 2.90. The first kappa shape index (κ1) is 19.8. The first-order valence-electron chi connectivity index (χ1n) is 8.64. The van der Waals surface area contributed by atoms with Crippen molar-refractivity contribution in [3.05, 3.63) is 77.0 Å². The number of benzene rings is 2. The number of nitrogens with one attached hydrogen (secondary N) is 2. The van der Waals surface area contributed by atoms with Gasteiger partial charge in [0.2, 0.25) is 10.0 Å². The zero-order valence-electron chi connectivity index (χ0n) is 15.8. The fourth-order valence-electron chi connectivity index (χ4n) is 3.05. The molecule has 0 saturated heterocycles. The molecule has 146 valence electrons. The maximum absolute atomic E-state index is 13.0. The van der Waals surface area contributed by atoms with Crippen LogP contribution in [0, 0.1) is 6.92 Å². The lowest BCUT2D eigenvalue weighted by atomic mass is 9.98. The van der Waals surface area contributed by atoms with Crippen LogP contribution in [0.1, 0.15) is 17.2 Å². The van der Waals surface area contributed by atoms with Gasteiger partial charge in [0.15, 0.2) is 0 Å². The van der Waals surface area contributed by atoms with Crippen LogP contribution in [0.4, 0.5) is 0 Å². The topological polar surface area (TPSA) is 95.6 Å². The van der Waals surface area contributed by atoms with Gasteiger partial charge in [0.1, 0.15) is 5.70 Å². The van der Waals surface area contributed by atoms with E-state index in [1.165, 1.54) is 26.2 Å². The maximum atomic E-state index is 13.0. The van der Waals surface area contributed by atoms with Gasteiger partial charge in [-0.3, -0.25) is 14.5 Å². The van der Waals surface area contributed by atoms with Crippen molar-refractivity contribution in [3.8, 4) is 0 Å². The molecule has 2 aromatic carbocycles. The third-order valence-corrected chi connectivity index (χ3v) is 6.04. The van der Waals surface area contributed by atoms with Crippen LogP contribution in [0.2, 0.25) is 0 Å². The van der Waals surface area contributed by atoms with Crippen molar-refractivity contribution in [2.75, 3.05) is 14.1 Å². The first-order chi connectivity index (χ1) is 13.3. The first-order valence-corrected chi connectivity index (χ1v) is 10.1. The monoisotopic (exact) mass is 399 g/mol. The molecule has 1 aliphatic heterocycles. The van der Waals surface area contributed by atoms with E-state index in [0.717, 1.165) is 10.5 Å². The second-order valence-electron chi connectivity index (χ2n) is 6.49. The summed E-state index contributed by atoms with van der Waals surface area (Å²) in [5, 5.41) is 2.74. The highest BCUT2D eigenvalue weighted by Gasteiger charge is 2.41. The number of aryl methyl sites for hydroxylation is 1. The Bertz CT molecular complexity index is 1040. The number of hydrogen-bond donors (Lipinski definition) is 2. The normalized spacial score (nSPS) is 15.9. The number of amides is 2. The Labute approximate surface area is 164 Å². The van der Waals surface area contributed by atoms with E-state index in [0.29, 0.717) is 5.56 Å². The summed E-state index contributed by atoms with van der Waals surface area (Å²) in [5.41, 5.74) is 1.62. The van der Waals surface area contributed by atoms with E-state index >= 15 is 0 Å². The van der Waals surface area contributed by atoms with Gasteiger partial charge < -0.3 is 5.32 Å². The van der Waals surface area contributed by atoms with E-state index in [1.54, 1.807) is 42.5 Å². The number of carbonyl (C=O) groups excluding carboxylic acids is 2. The molecular weight excluding hydrogens is 378 g/mol. The van der Waals surface area contributed by atoms with Gasteiger partial charge in [-0.1, -0.05) is 48.0 Å². The van der Waals surface area contributed by atoms with Gasteiger partial charge in [-0.15, -0.1) is 0 Å². The number of rotatable bonds is 6. The van der Waals surface area contributed by atoms with E-state index in [9.17, 15) is 18.0 Å². The zero-order chi connectivity index (χ0) is 20.5. The molecule has 3 rings (SSSR count). The number of imide groups is 1. The zero-order valence-corrected chi connectivity index (χ0v) is 16.6. The van der Waals surface area contributed by atoms with E-state index in [2.05, 4.69) is 10.0 Å². The standard InChI is InChI=1S/C20H21N3O4S/c1-13-9-11-15(12-10-13)28(26,27)22-17(14-7-5-4-6-8-14)16-18(21-2)20(25)23(3)19(16)24/h4-12,17,21-22H,1-3H3. The fourth-order valence-corrected chi connectivity index (χ4v) is 4.25. The summed E-state index contributed by atoms with van der Waals surface area (Å²) in [6.45, 7) is 1.86. The Morgan fingerprint density at radius 3 is 2.11 bits per heavy atom. The second-order valence-corrected chi connectivity index (χ2v) is 8.20. The summed E-state index contributed by atoms with van der Waals surface area (Å²) < 4.78 is 28.6. The van der Waals surface area contributed by atoms with Crippen LogP contribution in [-0.2, 0) is 19.6 Å². The van der Waals surface area contributed by atoms with E-state index in [4.69, 9.17) is 0 Å². The molecule has 0 saturated carbocycles. The second kappa shape index (κ2) is 7.57. The summed E-state index contributed by atoms with van der Waals surface area (Å²) >= 11 is 0. The number of sulfonamides is 1. The summed E-state index contributed by atoms with van der Waals surface area (Å²) in [5.74, 6) is -1.05. The van der Waals surface area contributed by atoms with Crippen LogP contribution in [0.5, 0.6) is 0 Å². The maximum Gasteiger partial charge on any atom is 0.277 e. The molecule has 0 aliphatic carbocycles. The van der Waals surface area contributed by atoms with Gasteiger partial charge in [-0.05, 0) is 24.6 Å². The minimum atomic E-state index is -3.95. The molecule has 0 radical (unpaired) electrons. The third kappa shape index (κ3) is 3.56. The Kier molecular flexibility index (Phi) is 5.35. The summed E-state index contributed by atoms with van der Waals surface area (Å²) in [7, 11) is -1.06. The lowest BCUT2D eigenvalue weighted by Crippen LogP contribution is -2.34. The average molecular weight is 399 g/mol. The van der Waals surface area contributed by atoms with Gasteiger partial charge in [0.05, 0.1) is 16.5 Å². The Balaban J connectivity index is 2.12. The molecule has 1 aliphatic rings. The van der Waals surface area contributed by atoms with Crippen LogP contribution in [-0.4, -0.2) is 39.2 Å². The SMILES string of the molecule is CNC1=C(C(NS(=O)(=O)c2ccc(C)cc2)c2ccccc2)C(=O)N(C)C1=O. The van der Waals surface area contributed by atoms with Crippen LogP contribution in [0.3, 0.4) is 0 Å². The summed E-state index contributed by atoms with van der Waals surface area (Å²) in [6.07, 6.45) is 0. The summed E-state index contributed by atoms with van der Waals surface area (Å²) in [6, 6.07) is 14.1. The number of likely N-dealkylation sites (N-methyl/N-ethyl adjacent to an activating group) is 2. The molecule has 1 heterocycles. The smallest absolute Gasteiger partial charge is 0.277 e. The van der Waals surface area contributed by atoms with Crippen LogP contribution in [0.15, 0.2) is 70.8 Å². The molecule has 0 spiro atoms. The fraction of sp³-hybridized carbons (Fsp3) is 0.200. The molecule has 0 aromatic heterocycles. The highest BCUT2D eigenvalue weighted by molar-refractivity contribution is 7.89. The quantitative estimate of drug-likeness (QED) is 0.718. The van der Waals surface area contributed by atoms with Crippen LogP contribution < -0.4 is 10.0 Å². The van der Waals surface area contributed by atoms with Crippen molar-refractivity contribution < 1.29 is 18.0 Å². The molecule has 2 amide bonds. The van der Waals surface area contributed by atoms with Crippen molar-refractivity contribution >= 4 is 21.8 Å². The van der Waals surface area contributed by atoms with Crippen molar-refractivity contribution in [1.82, 2.24) is 14.9 Å². The highest BCUT2D eigenvalue weighted by atomic mass is 32.2. The molecule has 1 atom stereocenters. The molecule has 28 heavy (non-hydrogen) atoms. The number of hydrogen-bond acceptors (Lipinski definition) is 5. The molecule has 8 heteroatoms. The molecule has 1 unspecified atom stereocenters. The van der Waals surface area contributed by atoms with Crippen molar-refractivity contribution in [2.24, 2.45) is 0 Å². The minimum absolute atomic E-state index is 0.0666. The van der Waals surface area contributed by atoms with Gasteiger partial charge in [0.25, 0.3) is 11.8 Å². The van der Waals surface area contributed by atoms with Crippen LogP contribution in [0.25, 0.3) is 0 Å². The highest BCUT2D eigenvalue weighted by Crippen LogP contribution is 2.31. The largest absolute Gasteiger partial charge is 0.383 e. The molecule has 2 N–H and O–H groups in total. The van der Waals surface area contributed by atoms with Gasteiger partial charge in [-0.25, -0.2) is 8.42 Å². The van der Waals surface area contributed by atoms with E-state index < -0.39 is 27.9 Å². The minimum Gasteiger partial charge on any atom is -0.383 e. The summed E-state index contributed by atoms with van der Waals surface area (Å²) in [4.78, 5) is 26.2. The number of carbonyl (C=O) groups is 2. The van der Waals surface area contributed by atoms with Crippen LogP contribution >= 0.6 is 0 Å². The Morgan fingerprint density at radius 1 is 0.929 bits per heavy atom. The van der Waals surface area contributed by atoms with Gasteiger partial charge >= 0.3 is 0 Å². The molecular formula is C20H21N3O4S. The van der Waals surface area contributed by atoms with E-state index in [1.807, 2.05) is 6.92 Å². The Hall–Kier alpha value is -2.97. The van der Waals surface area contributed by atoms with Gasteiger partial charge in [-0.2, -0.15) is 4.72 Å². The predicted octanol–water partition coefficient (Wildman–Crippen LogP) is 1.49. The molecule has 7 nitrogen and oxygen atoms in total. The van der Waals surface area contributed by atoms with Crippen molar-refractivity contribution in [2.45, 2.75) is 17.9 Å². The lowest BCUT2D eigenvalue weighted by molar-refractivity contribution is -0.136. The third-order valence-electron chi connectivity index (χ3n) is 4.60. The molecule has 0 bridgehead atoms.